The van der Waals surface area contributed by atoms with E-state index in [1.54, 1.807) is 18.2 Å². The number of benzene rings is 1. The Morgan fingerprint density at radius 3 is 2.88 bits per heavy atom. The molecule has 4 nitrogen and oxygen atoms in total. The standard InChI is InChI=1S/C13H12O4/c1-3-8-17-11-6-4-10(5-7-13(14)15)9-12(11)16-2/h1,4-7,9H,8H2,2H3,(H,14,15). The van der Waals surface area contributed by atoms with Crippen molar-refractivity contribution < 1.29 is 19.4 Å². The van der Waals surface area contributed by atoms with Gasteiger partial charge in [-0.05, 0) is 23.8 Å². The molecule has 0 atom stereocenters. The molecule has 4 heteroatoms. The van der Waals surface area contributed by atoms with Gasteiger partial charge in [0.1, 0.15) is 6.61 Å². The summed E-state index contributed by atoms with van der Waals surface area (Å²) in [5.41, 5.74) is 0.706. The molecular formula is C13H12O4. The number of aliphatic carboxylic acids is 1. The van der Waals surface area contributed by atoms with E-state index in [9.17, 15) is 4.79 Å². The lowest BCUT2D eigenvalue weighted by molar-refractivity contribution is -0.131. The van der Waals surface area contributed by atoms with Crippen LogP contribution in [0.3, 0.4) is 0 Å². The molecular weight excluding hydrogens is 220 g/mol. The first-order valence-corrected chi connectivity index (χ1v) is 4.82. The van der Waals surface area contributed by atoms with Crippen LogP contribution in [0.2, 0.25) is 0 Å². The summed E-state index contributed by atoms with van der Waals surface area (Å²) in [6.07, 6.45) is 7.61. The van der Waals surface area contributed by atoms with Crippen molar-refractivity contribution >= 4 is 12.0 Å². The maximum Gasteiger partial charge on any atom is 0.328 e. The van der Waals surface area contributed by atoms with Gasteiger partial charge in [-0.3, -0.25) is 0 Å². The summed E-state index contributed by atoms with van der Waals surface area (Å²) in [6.45, 7) is 0.153. The number of rotatable bonds is 5. The van der Waals surface area contributed by atoms with Crippen LogP contribution in [-0.4, -0.2) is 24.8 Å². The third kappa shape index (κ3) is 3.92. The molecule has 0 radical (unpaired) electrons. The molecule has 0 aliphatic carbocycles. The van der Waals surface area contributed by atoms with E-state index < -0.39 is 5.97 Å². The Hall–Kier alpha value is -2.41. The average Bonchev–Trinajstić information content (AvgIpc) is 2.34. The van der Waals surface area contributed by atoms with Gasteiger partial charge in [0.25, 0.3) is 0 Å². The molecule has 1 rings (SSSR count). The van der Waals surface area contributed by atoms with Crippen molar-refractivity contribution in [3.63, 3.8) is 0 Å². The number of hydrogen-bond donors (Lipinski definition) is 1. The number of hydrogen-bond acceptors (Lipinski definition) is 3. The maximum atomic E-state index is 10.4. The van der Waals surface area contributed by atoms with E-state index in [2.05, 4.69) is 5.92 Å². The Morgan fingerprint density at radius 2 is 2.29 bits per heavy atom. The lowest BCUT2D eigenvalue weighted by Gasteiger charge is -2.09. The van der Waals surface area contributed by atoms with Crippen LogP contribution >= 0.6 is 0 Å². The monoisotopic (exact) mass is 232 g/mol. The molecule has 0 heterocycles. The van der Waals surface area contributed by atoms with Crippen molar-refractivity contribution in [2.75, 3.05) is 13.7 Å². The van der Waals surface area contributed by atoms with Crippen LogP contribution in [0.4, 0.5) is 0 Å². The molecule has 17 heavy (non-hydrogen) atoms. The van der Waals surface area contributed by atoms with Crippen molar-refractivity contribution in [1.82, 2.24) is 0 Å². The largest absolute Gasteiger partial charge is 0.493 e. The molecule has 88 valence electrons. The number of ether oxygens (including phenoxy) is 2. The van der Waals surface area contributed by atoms with Gasteiger partial charge in [0.2, 0.25) is 0 Å². The summed E-state index contributed by atoms with van der Waals surface area (Å²) >= 11 is 0. The van der Waals surface area contributed by atoms with Gasteiger partial charge in [0.15, 0.2) is 11.5 Å². The molecule has 1 aromatic carbocycles. The highest BCUT2D eigenvalue weighted by atomic mass is 16.5. The third-order valence-corrected chi connectivity index (χ3v) is 1.92. The molecule has 0 spiro atoms. The summed E-state index contributed by atoms with van der Waals surface area (Å²) in [5, 5.41) is 8.51. The molecule has 0 aliphatic rings. The highest BCUT2D eigenvalue weighted by molar-refractivity contribution is 5.85. The molecule has 0 fully saturated rings. The van der Waals surface area contributed by atoms with Crippen LogP contribution < -0.4 is 9.47 Å². The zero-order chi connectivity index (χ0) is 12.7. The van der Waals surface area contributed by atoms with Crippen molar-refractivity contribution in [1.29, 1.82) is 0 Å². The molecule has 0 aliphatic heterocycles. The molecule has 0 amide bonds. The molecule has 0 saturated heterocycles. The first-order chi connectivity index (χ1) is 8.17. The van der Waals surface area contributed by atoms with Crippen LogP contribution in [0.15, 0.2) is 24.3 Å². The molecule has 1 N–H and O–H groups in total. The van der Waals surface area contributed by atoms with Crippen LogP contribution in [0, 0.1) is 12.3 Å². The second-order valence-corrected chi connectivity index (χ2v) is 3.07. The number of terminal acetylenes is 1. The summed E-state index contributed by atoms with van der Waals surface area (Å²) in [7, 11) is 1.50. The predicted octanol–water partition coefficient (Wildman–Crippen LogP) is 1.81. The van der Waals surface area contributed by atoms with Gasteiger partial charge in [-0.1, -0.05) is 12.0 Å². The van der Waals surface area contributed by atoms with Crippen molar-refractivity contribution in [3.8, 4) is 23.8 Å². The highest BCUT2D eigenvalue weighted by Crippen LogP contribution is 2.28. The van der Waals surface area contributed by atoms with Gasteiger partial charge >= 0.3 is 5.97 Å². The van der Waals surface area contributed by atoms with Crippen molar-refractivity contribution in [2.24, 2.45) is 0 Å². The molecule has 0 saturated carbocycles. The first-order valence-electron chi connectivity index (χ1n) is 4.82. The van der Waals surface area contributed by atoms with E-state index in [0.717, 1.165) is 6.08 Å². The summed E-state index contributed by atoms with van der Waals surface area (Å²) in [6, 6.07) is 5.07. The zero-order valence-corrected chi connectivity index (χ0v) is 9.34. The fourth-order valence-electron chi connectivity index (χ4n) is 1.19. The summed E-state index contributed by atoms with van der Waals surface area (Å²) in [4.78, 5) is 10.4. The van der Waals surface area contributed by atoms with Gasteiger partial charge < -0.3 is 14.6 Å². The number of carboxylic acids is 1. The van der Waals surface area contributed by atoms with Crippen molar-refractivity contribution in [3.05, 3.63) is 29.8 Å². The topological polar surface area (TPSA) is 55.8 Å². The lowest BCUT2D eigenvalue weighted by Crippen LogP contribution is -1.96. The second kappa shape index (κ2) is 6.23. The maximum absolute atomic E-state index is 10.4. The minimum Gasteiger partial charge on any atom is -0.493 e. The van der Waals surface area contributed by atoms with Gasteiger partial charge in [-0.15, -0.1) is 6.42 Å². The highest BCUT2D eigenvalue weighted by Gasteiger charge is 2.04. The summed E-state index contributed by atoms with van der Waals surface area (Å²) < 4.78 is 10.4. The van der Waals surface area contributed by atoms with Gasteiger partial charge in [0.05, 0.1) is 7.11 Å². The van der Waals surface area contributed by atoms with E-state index in [-0.39, 0.29) is 6.61 Å². The molecule has 0 unspecified atom stereocenters. The van der Waals surface area contributed by atoms with E-state index in [0.29, 0.717) is 17.1 Å². The average molecular weight is 232 g/mol. The smallest absolute Gasteiger partial charge is 0.328 e. The van der Waals surface area contributed by atoms with Gasteiger partial charge in [-0.25, -0.2) is 4.79 Å². The number of carbonyl (C=O) groups is 1. The van der Waals surface area contributed by atoms with Crippen LogP contribution in [0.25, 0.3) is 6.08 Å². The Balaban J connectivity index is 2.92. The fourth-order valence-corrected chi connectivity index (χ4v) is 1.19. The van der Waals surface area contributed by atoms with E-state index >= 15 is 0 Å². The third-order valence-electron chi connectivity index (χ3n) is 1.92. The number of carboxylic acid groups (broad SMARTS) is 1. The Morgan fingerprint density at radius 1 is 1.53 bits per heavy atom. The van der Waals surface area contributed by atoms with E-state index in [1.807, 2.05) is 0 Å². The Bertz CT molecular complexity index is 469. The lowest BCUT2D eigenvalue weighted by atomic mass is 10.2. The first kappa shape index (κ1) is 12.7. The van der Waals surface area contributed by atoms with Crippen LogP contribution in [-0.2, 0) is 4.79 Å². The van der Waals surface area contributed by atoms with E-state index in [1.165, 1.54) is 13.2 Å². The normalized spacial score (nSPS) is 9.88. The van der Waals surface area contributed by atoms with Gasteiger partial charge in [-0.2, -0.15) is 0 Å². The van der Waals surface area contributed by atoms with Crippen LogP contribution in [0.1, 0.15) is 5.56 Å². The predicted molar refractivity (Wildman–Crippen MR) is 64.0 cm³/mol. The second-order valence-electron chi connectivity index (χ2n) is 3.07. The van der Waals surface area contributed by atoms with Gasteiger partial charge in [0, 0.05) is 6.08 Å². The number of methoxy groups -OCH3 is 1. The molecule has 1 aromatic rings. The quantitative estimate of drug-likeness (QED) is 0.621. The summed E-state index contributed by atoms with van der Waals surface area (Å²) in [5.74, 6) is 2.38. The minimum absolute atomic E-state index is 0.153. The van der Waals surface area contributed by atoms with Crippen molar-refractivity contribution in [2.45, 2.75) is 0 Å². The fraction of sp³-hybridized carbons (Fsp3) is 0.154. The SMILES string of the molecule is C#CCOc1ccc(C=CC(=O)O)cc1OC. The minimum atomic E-state index is -1.00. The van der Waals surface area contributed by atoms with E-state index in [4.69, 9.17) is 21.0 Å². The molecule has 0 aromatic heterocycles. The van der Waals surface area contributed by atoms with Crippen LogP contribution in [0.5, 0.6) is 11.5 Å². The Kier molecular flexibility index (Phi) is 4.64. The Labute approximate surface area is 99.5 Å². The molecule has 0 bridgehead atoms. The zero-order valence-electron chi connectivity index (χ0n) is 9.34.